The average molecular weight is 263 g/mol. The molecule has 0 aliphatic carbocycles. The van der Waals surface area contributed by atoms with Crippen LogP contribution >= 0.6 is 23.2 Å². The van der Waals surface area contributed by atoms with Gasteiger partial charge in [-0.15, -0.1) is 10.2 Å². The molecule has 90 valence electrons. The molecule has 0 spiro atoms. The molecule has 0 saturated carbocycles. The third-order valence-corrected chi connectivity index (χ3v) is 3.11. The maximum absolute atomic E-state index is 5.90. The van der Waals surface area contributed by atoms with Crippen molar-refractivity contribution in [2.75, 3.05) is 26.0 Å². The third-order valence-electron chi connectivity index (χ3n) is 2.64. The first kappa shape index (κ1) is 13.5. The summed E-state index contributed by atoms with van der Waals surface area (Å²) in [7, 11) is 4.06. The molecule has 1 rings (SSSR count). The fourth-order valence-electron chi connectivity index (χ4n) is 0.947. The summed E-state index contributed by atoms with van der Waals surface area (Å²) in [5.41, 5.74) is 0.718. The van der Waals surface area contributed by atoms with Crippen molar-refractivity contribution in [1.29, 1.82) is 0 Å². The van der Waals surface area contributed by atoms with Crippen LogP contribution in [0.15, 0.2) is 6.07 Å². The van der Waals surface area contributed by atoms with Crippen LogP contribution in [0.3, 0.4) is 0 Å². The molecule has 6 heteroatoms. The van der Waals surface area contributed by atoms with Gasteiger partial charge < -0.3 is 10.2 Å². The lowest BCUT2D eigenvalue weighted by molar-refractivity contribution is 0.210. The normalized spacial score (nSPS) is 11.9. The van der Waals surface area contributed by atoms with Gasteiger partial charge in [-0.3, -0.25) is 0 Å². The Morgan fingerprint density at radius 1 is 1.31 bits per heavy atom. The van der Waals surface area contributed by atoms with Crippen LogP contribution in [0.4, 0.5) is 5.69 Å². The Hall–Kier alpha value is -0.580. The SMILES string of the molecule is CN(C)C(C)(C)CNc1cc(Cl)nnc1Cl. The van der Waals surface area contributed by atoms with Gasteiger partial charge in [0.2, 0.25) is 0 Å². The first-order chi connectivity index (χ1) is 7.33. The summed E-state index contributed by atoms with van der Waals surface area (Å²) in [5.74, 6) is 0. The van der Waals surface area contributed by atoms with Gasteiger partial charge in [0.15, 0.2) is 10.3 Å². The predicted octanol–water partition coefficient (Wildman–Crippen LogP) is 2.54. The molecule has 0 aromatic carbocycles. The highest BCUT2D eigenvalue weighted by Gasteiger charge is 2.20. The van der Waals surface area contributed by atoms with Crippen LogP contribution in [0.5, 0.6) is 0 Å². The number of anilines is 1. The highest BCUT2D eigenvalue weighted by molar-refractivity contribution is 6.33. The highest BCUT2D eigenvalue weighted by Crippen LogP contribution is 2.22. The predicted molar refractivity (Wildman–Crippen MR) is 68.3 cm³/mol. The van der Waals surface area contributed by atoms with Crippen molar-refractivity contribution in [3.8, 4) is 0 Å². The molecule has 0 fully saturated rings. The molecule has 0 atom stereocenters. The summed E-state index contributed by atoms with van der Waals surface area (Å²) in [5, 5.41) is 11.3. The van der Waals surface area contributed by atoms with Crippen molar-refractivity contribution in [2.24, 2.45) is 0 Å². The van der Waals surface area contributed by atoms with E-state index in [0.717, 1.165) is 6.54 Å². The summed E-state index contributed by atoms with van der Waals surface area (Å²) in [6.07, 6.45) is 0. The highest BCUT2D eigenvalue weighted by atomic mass is 35.5. The average Bonchev–Trinajstić information content (AvgIpc) is 2.19. The number of hydrogen-bond donors (Lipinski definition) is 1. The van der Waals surface area contributed by atoms with Gasteiger partial charge in [-0.2, -0.15) is 0 Å². The molecule has 0 aliphatic heterocycles. The number of halogens is 2. The zero-order chi connectivity index (χ0) is 12.3. The monoisotopic (exact) mass is 262 g/mol. The Morgan fingerprint density at radius 3 is 2.50 bits per heavy atom. The van der Waals surface area contributed by atoms with Crippen LogP contribution < -0.4 is 5.32 Å². The molecule has 4 nitrogen and oxygen atoms in total. The maximum atomic E-state index is 5.90. The summed E-state index contributed by atoms with van der Waals surface area (Å²) in [4.78, 5) is 2.13. The lowest BCUT2D eigenvalue weighted by Gasteiger charge is -2.33. The number of nitrogens with one attached hydrogen (secondary N) is 1. The van der Waals surface area contributed by atoms with Gasteiger partial charge in [0.1, 0.15) is 0 Å². The molecule has 0 amide bonds. The van der Waals surface area contributed by atoms with Crippen LogP contribution in [0.2, 0.25) is 10.3 Å². The van der Waals surface area contributed by atoms with Gasteiger partial charge in [0.05, 0.1) is 5.69 Å². The minimum Gasteiger partial charge on any atom is -0.381 e. The first-order valence-electron chi connectivity index (χ1n) is 4.93. The van der Waals surface area contributed by atoms with Gasteiger partial charge in [0, 0.05) is 18.2 Å². The topological polar surface area (TPSA) is 41.0 Å². The van der Waals surface area contributed by atoms with Crippen molar-refractivity contribution in [1.82, 2.24) is 15.1 Å². The van der Waals surface area contributed by atoms with Gasteiger partial charge in [0.25, 0.3) is 0 Å². The molecule has 0 aliphatic rings. The smallest absolute Gasteiger partial charge is 0.174 e. The summed E-state index contributed by atoms with van der Waals surface area (Å²) >= 11 is 11.6. The van der Waals surface area contributed by atoms with E-state index in [0.29, 0.717) is 16.0 Å². The van der Waals surface area contributed by atoms with Crippen LogP contribution in [0, 0.1) is 0 Å². The van der Waals surface area contributed by atoms with E-state index >= 15 is 0 Å². The number of likely N-dealkylation sites (N-methyl/N-ethyl adjacent to an activating group) is 1. The lowest BCUT2D eigenvalue weighted by atomic mass is 10.0. The molecule has 0 bridgehead atoms. The van der Waals surface area contributed by atoms with E-state index in [4.69, 9.17) is 23.2 Å². The van der Waals surface area contributed by atoms with E-state index in [1.54, 1.807) is 6.07 Å². The zero-order valence-corrected chi connectivity index (χ0v) is 11.4. The summed E-state index contributed by atoms with van der Waals surface area (Å²) in [6.45, 7) is 5.00. The molecular formula is C10H16Cl2N4. The fourth-order valence-corrected chi connectivity index (χ4v) is 1.25. The Morgan fingerprint density at radius 2 is 1.94 bits per heavy atom. The van der Waals surface area contributed by atoms with Crippen molar-refractivity contribution in [3.05, 3.63) is 16.4 Å². The Bertz CT molecular complexity index is 366. The zero-order valence-electron chi connectivity index (χ0n) is 9.88. The molecule has 1 aromatic rings. The summed E-state index contributed by atoms with van der Waals surface area (Å²) in [6, 6.07) is 1.67. The fraction of sp³-hybridized carbons (Fsp3) is 0.600. The number of aromatic nitrogens is 2. The van der Waals surface area contributed by atoms with Crippen LogP contribution in [-0.4, -0.2) is 41.3 Å². The molecule has 1 heterocycles. The summed E-state index contributed by atoms with van der Waals surface area (Å²) < 4.78 is 0. The molecule has 0 unspecified atom stereocenters. The Balaban J connectivity index is 2.71. The van der Waals surface area contributed by atoms with Crippen LogP contribution in [-0.2, 0) is 0 Å². The molecule has 1 aromatic heterocycles. The second-order valence-corrected chi connectivity index (χ2v) is 5.18. The largest absolute Gasteiger partial charge is 0.381 e. The molecular weight excluding hydrogens is 247 g/mol. The van der Waals surface area contributed by atoms with E-state index in [2.05, 4.69) is 34.3 Å². The van der Waals surface area contributed by atoms with E-state index in [1.807, 2.05) is 14.1 Å². The van der Waals surface area contributed by atoms with Gasteiger partial charge in [-0.1, -0.05) is 23.2 Å². The van der Waals surface area contributed by atoms with Gasteiger partial charge in [-0.05, 0) is 27.9 Å². The molecule has 0 saturated heterocycles. The standard InChI is InChI=1S/C10H16Cl2N4/c1-10(2,16(3)4)6-13-7-5-8(11)14-15-9(7)12/h5H,6H2,1-4H3,(H,13,14). The van der Waals surface area contributed by atoms with Crippen molar-refractivity contribution >= 4 is 28.9 Å². The third kappa shape index (κ3) is 3.47. The quantitative estimate of drug-likeness (QED) is 0.906. The number of hydrogen-bond acceptors (Lipinski definition) is 4. The van der Waals surface area contributed by atoms with Crippen molar-refractivity contribution in [2.45, 2.75) is 19.4 Å². The Labute approximate surface area is 106 Å². The van der Waals surface area contributed by atoms with E-state index in [1.165, 1.54) is 0 Å². The minimum absolute atomic E-state index is 0.0130. The molecule has 16 heavy (non-hydrogen) atoms. The van der Waals surface area contributed by atoms with Crippen molar-refractivity contribution < 1.29 is 0 Å². The van der Waals surface area contributed by atoms with Crippen molar-refractivity contribution in [3.63, 3.8) is 0 Å². The minimum atomic E-state index is 0.0130. The molecule has 0 radical (unpaired) electrons. The first-order valence-corrected chi connectivity index (χ1v) is 5.68. The number of rotatable bonds is 4. The molecule has 1 N–H and O–H groups in total. The lowest BCUT2D eigenvalue weighted by Crippen LogP contribution is -2.44. The van der Waals surface area contributed by atoms with Crippen LogP contribution in [0.1, 0.15) is 13.8 Å². The second-order valence-electron chi connectivity index (χ2n) is 4.43. The second kappa shape index (κ2) is 5.17. The van der Waals surface area contributed by atoms with E-state index in [-0.39, 0.29) is 5.54 Å². The van der Waals surface area contributed by atoms with Gasteiger partial charge in [-0.25, -0.2) is 0 Å². The number of nitrogens with zero attached hydrogens (tertiary/aromatic N) is 3. The maximum Gasteiger partial charge on any atom is 0.174 e. The Kier molecular flexibility index (Phi) is 4.35. The van der Waals surface area contributed by atoms with E-state index < -0.39 is 0 Å². The van der Waals surface area contributed by atoms with Gasteiger partial charge >= 0.3 is 0 Å². The van der Waals surface area contributed by atoms with E-state index in [9.17, 15) is 0 Å². The van der Waals surface area contributed by atoms with Crippen LogP contribution in [0.25, 0.3) is 0 Å².